The van der Waals surface area contributed by atoms with E-state index in [0.717, 1.165) is 35.3 Å². The summed E-state index contributed by atoms with van der Waals surface area (Å²) in [6.07, 6.45) is 9.82. The van der Waals surface area contributed by atoms with Gasteiger partial charge in [-0.05, 0) is 104 Å². The van der Waals surface area contributed by atoms with E-state index in [4.69, 9.17) is 4.74 Å². The highest BCUT2D eigenvalue weighted by Crippen LogP contribution is 2.60. The highest BCUT2D eigenvalue weighted by atomic mass is 32.2. The standard InChI is InChI=1S/C29H38N2O4S/c1-4-27(23-5-11-26(35-2)12-6-23)30-28(32)19-31(36(3,33)34)25-9-7-24(8-10-25)29-16-20-13-21(17-29)15-22(14-20)18-29/h5-12,20-22,27H,4,13-19H2,1-3H3,(H,30,32)/t20?,21?,22?,27-,29?/m1/s1. The fourth-order valence-corrected chi connectivity index (χ4v) is 8.33. The summed E-state index contributed by atoms with van der Waals surface area (Å²) in [4.78, 5) is 13.0. The maximum absolute atomic E-state index is 13.0. The van der Waals surface area contributed by atoms with Crippen molar-refractivity contribution in [3.63, 3.8) is 0 Å². The van der Waals surface area contributed by atoms with E-state index in [0.29, 0.717) is 12.1 Å². The molecule has 0 aliphatic heterocycles. The quantitative estimate of drug-likeness (QED) is 0.503. The van der Waals surface area contributed by atoms with Crippen LogP contribution in [0.2, 0.25) is 0 Å². The number of amides is 1. The lowest BCUT2D eigenvalue weighted by molar-refractivity contribution is -0.120. The van der Waals surface area contributed by atoms with Crippen LogP contribution >= 0.6 is 0 Å². The molecule has 0 aromatic heterocycles. The monoisotopic (exact) mass is 510 g/mol. The Morgan fingerprint density at radius 3 is 2.03 bits per heavy atom. The second kappa shape index (κ2) is 9.73. The summed E-state index contributed by atoms with van der Waals surface area (Å²) in [5, 5.41) is 3.01. The molecular formula is C29H38N2O4S. The molecule has 4 aliphatic rings. The van der Waals surface area contributed by atoms with Gasteiger partial charge < -0.3 is 10.1 Å². The summed E-state index contributed by atoms with van der Waals surface area (Å²) < 4.78 is 31.8. The molecule has 194 valence electrons. The molecule has 1 amide bonds. The van der Waals surface area contributed by atoms with Gasteiger partial charge >= 0.3 is 0 Å². The summed E-state index contributed by atoms with van der Waals surface area (Å²) in [7, 11) is -2.02. The molecule has 0 saturated heterocycles. The van der Waals surface area contributed by atoms with Gasteiger partial charge in [-0.3, -0.25) is 9.10 Å². The zero-order valence-electron chi connectivity index (χ0n) is 21.6. The maximum atomic E-state index is 13.0. The van der Waals surface area contributed by atoms with Crippen molar-refractivity contribution in [2.24, 2.45) is 17.8 Å². The second-order valence-electron chi connectivity index (χ2n) is 11.3. The van der Waals surface area contributed by atoms with Gasteiger partial charge in [0, 0.05) is 0 Å². The molecule has 0 spiro atoms. The molecule has 4 aliphatic carbocycles. The van der Waals surface area contributed by atoms with Crippen LogP contribution in [-0.2, 0) is 20.2 Å². The molecule has 1 atom stereocenters. The molecule has 4 saturated carbocycles. The van der Waals surface area contributed by atoms with E-state index in [-0.39, 0.29) is 23.9 Å². The van der Waals surface area contributed by atoms with Crippen molar-refractivity contribution in [3.8, 4) is 5.75 Å². The van der Waals surface area contributed by atoms with Gasteiger partial charge in [-0.1, -0.05) is 31.2 Å². The summed E-state index contributed by atoms with van der Waals surface area (Å²) in [5.74, 6) is 2.98. The summed E-state index contributed by atoms with van der Waals surface area (Å²) >= 11 is 0. The number of sulfonamides is 1. The van der Waals surface area contributed by atoms with Crippen molar-refractivity contribution in [3.05, 3.63) is 59.7 Å². The van der Waals surface area contributed by atoms with E-state index < -0.39 is 10.0 Å². The van der Waals surface area contributed by atoms with Crippen LogP contribution in [0.3, 0.4) is 0 Å². The van der Waals surface area contributed by atoms with Gasteiger partial charge in [-0.25, -0.2) is 8.42 Å². The molecule has 4 bridgehead atoms. The minimum atomic E-state index is -3.63. The lowest BCUT2D eigenvalue weighted by Crippen LogP contribution is -2.48. The first kappa shape index (κ1) is 25.1. The number of anilines is 1. The molecule has 0 radical (unpaired) electrons. The summed E-state index contributed by atoms with van der Waals surface area (Å²) in [5.41, 5.74) is 3.10. The third-order valence-electron chi connectivity index (χ3n) is 8.76. The predicted molar refractivity (Wildman–Crippen MR) is 143 cm³/mol. The Balaban J connectivity index is 1.31. The van der Waals surface area contributed by atoms with Gasteiger partial charge in [0.05, 0.1) is 25.1 Å². The van der Waals surface area contributed by atoms with Crippen molar-refractivity contribution in [1.82, 2.24) is 5.32 Å². The van der Waals surface area contributed by atoms with Crippen molar-refractivity contribution >= 4 is 21.6 Å². The first-order valence-electron chi connectivity index (χ1n) is 13.2. The van der Waals surface area contributed by atoms with Crippen molar-refractivity contribution in [2.75, 3.05) is 24.2 Å². The largest absolute Gasteiger partial charge is 0.497 e. The zero-order valence-corrected chi connectivity index (χ0v) is 22.4. The molecule has 6 rings (SSSR count). The van der Waals surface area contributed by atoms with Crippen molar-refractivity contribution in [1.29, 1.82) is 0 Å². The van der Waals surface area contributed by atoms with E-state index in [2.05, 4.69) is 17.4 Å². The van der Waals surface area contributed by atoms with Gasteiger partial charge in [-0.15, -0.1) is 0 Å². The van der Waals surface area contributed by atoms with Gasteiger partial charge in [0.1, 0.15) is 12.3 Å². The molecule has 7 heteroatoms. The first-order chi connectivity index (χ1) is 17.2. The van der Waals surface area contributed by atoms with Gasteiger partial charge in [0.15, 0.2) is 0 Å². The van der Waals surface area contributed by atoms with E-state index in [9.17, 15) is 13.2 Å². The van der Waals surface area contributed by atoms with Crippen LogP contribution in [-0.4, -0.2) is 34.2 Å². The Morgan fingerprint density at radius 1 is 1.00 bits per heavy atom. The molecule has 1 N–H and O–H groups in total. The normalized spacial score (nSPS) is 27.5. The van der Waals surface area contributed by atoms with Crippen LogP contribution in [0.1, 0.15) is 69.0 Å². The van der Waals surface area contributed by atoms with Gasteiger partial charge in [0.2, 0.25) is 15.9 Å². The fourth-order valence-electron chi connectivity index (χ4n) is 7.47. The smallest absolute Gasteiger partial charge is 0.241 e. The van der Waals surface area contributed by atoms with Crippen LogP contribution in [0, 0.1) is 17.8 Å². The van der Waals surface area contributed by atoms with Crippen molar-refractivity contribution < 1.29 is 17.9 Å². The molecule has 6 nitrogen and oxygen atoms in total. The van der Waals surface area contributed by atoms with Crippen LogP contribution in [0.25, 0.3) is 0 Å². The summed E-state index contributed by atoms with van der Waals surface area (Å²) in [6, 6.07) is 15.4. The van der Waals surface area contributed by atoms with E-state index in [1.807, 2.05) is 43.3 Å². The first-order valence-corrected chi connectivity index (χ1v) is 15.1. The highest BCUT2D eigenvalue weighted by molar-refractivity contribution is 7.92. The molecule has 36 heavy (non-hydrogen) atoms. The van der Waals surface area contributed by atoms with E-state index in [1.165, 1.54) is 48.4 Å². The number of methoxy groups -OCH3 is 1. The molecule has 4 fully saturated rings. The third kappa shape index (κ3) is 4.99. The van der Waals surface area contributed by atoms with Crippen LogP contribution in [0.5, 0.6) is 5.75 Å². The highest BCUT2D eigenvalue weighted by Gasteiger charge is 2.51. The number of ether oxygens (including phenoxy) is 1. The molecule has 2 aromatic rings. The maximum Gasteiger partial charge on any atom is 0.241 e. The number of carbonyl (C=O) groups excluding carboxylic acids is 1. The Morgan fingerprint density at radius 2 is 1.56 bits per heavy atom. The average Bonchev–Trinajstić information content (AvgIpc) is 2.84. The minimum Gasteiger partial charge on any atom is -0.497 e. The average molecular weight is 511 g/mol. The van der Waals surface area contributed by atoms with Crippen LogP contribution in [0.4, 0.5) is 5.69 Å². The SMILES string of the molecule is CC[C@@H](NC(=O)CN(c1ccc(C23CC4CC(CC(C4)C2)C3)cc1)S(C)(=O)=O)c1ccc(OC)cc1. The van der Waals surface area contributed by atoms with Crippen molar-refractivity contribution in [2.45, 2.75) is 63.3 Å². The predicted octanol–water partition coefficient (Wildman–Crippen LogP) is 5.20. The Labute approximate surface area is 215 Å². The van der Waals surface area contributed by atoms with E-state index in [1.54, 1.807) is 7.11 Å². The number of hydrogen-bond donors (Lipinski definition) is 1. The minimum absolute atomic E-state index is 0.205. The van der Waals surface area contributed by atoms with E-state index >= 15 is 0 Å². The van der Waals surface area contributed by atoms with Crippen LogP contribution in [0.15, 0.2) is 48.5 Å². The molecule has 2 aromatic carbocycles. The lowest BCUT2D eigenvalue weighted by Gasteiger charge is -2.57. The summed E-state index contributed by atoms with van der Waals surface area (Å²) in [6.45, 7) is 1.74. The fraction of sp³-hybridized carbons (Fsp3) is 0.552. The van der Waals surface area contributed by atoms with Gasteiger partial charge in [-0.2, -0.15) is 0 Å². The number of benzene rings is 2. The van der Waals surface area contributed by atoms with Crippen LogP contribution < -0.4 is 14.4 Å². The Hall–Kier alpha value is -2.54. The topological polar surface area (TPSA) is 75.7 Å². The number of hydrogen-bond acceptors (Lipinski definition) is 4. The second-order valence-corrected chi connectivity index (χ2v) is 13.2. The molecule has 0 heterocycles. The molecular weight excluding hydrogens is 472 g/mol. The Bertz CT molecular complexity index is 1160. The lowest BCUT2D eigenvalue weighted by atomic mass is 9.48. The Kier molecular flexibility index (Phi) is 6.79. The number of nitrogens with one attached hydrogen (secondary N) is 1. The van der Waals surface area contributed by atoms with Gasteiger partial charge in [0.25, 0.3) is 0 Å². The number of carbonyl (C=O) groups is 1. The molecule has 0 unspecified atom stereocenters. The number of rotatable bonds is 9. The third-order valence-corrected chi connectivity index (χ3v) is 9.90. The zero-order chi connectivity index (χ0) is 25.5. The number of nitrogens with zero attached hydrogens (tertiary/aromatic N) is 1.